The van der Waals surface area contributed by atoms with Gasteiger partial charge in [0.2, 0.25) is 0 Å². The molecule has 0 fully saturated rings. The lowest BCUT2D eigenvalue weighted by atomic mass is 10.0. The molecule has 0 heterocycles. The number of halogens is 1. The van der Waals surface area contributed by atoms with Crippen molar-refractivity contribution >= 4 is 0 Å². The van der Waals surface area contributed by atoms with Gasteiger partial charge < -0.3 is 14.6 Å². The van der Waals surface area contributed by atoms with Gasteiger partial charge in [0.05, 0.1) is 19.8 Å². The third kappa shape index (κ3) is 17.0. The Morgan fingerprint density at radius 2 is 1.16 bits per heavy atom. The summed E-state index contributed by atoms with van der Waals surface area (Å²) in [7, 11) is 1.43. The van der Waals surface area contributed by atoms with Gasteiger partial charge in [-0.25, -0.2) is 4.39 Å². The van der Waals surface area contributed by atoms with Crippen molar-refractivity contribution in [3.63, 3.8) is 0 Å². The molecular formula is C21H43FO3. The van der Waals surface area contributed by atoms with Crippen LogP contribution in [0.1, 0.15) is 96.8 Å². The number of ether oxygens (including phenoxy) is 2. The largest absolute Gasteiger partial charge is 0.393 e. The quantitative estimate of drug-likeness (QED) is 0.277. The molecule has 3 nitrogen and oxygen atoms in total. The van der Waals surface area contributed by atoms with E-state index in [0.717, 1.165) is 12.8 Å². The fraction of sp³-hybridized carbons (Fsp3) is 1.00. The first-order chi connectivity index (χ1) is 12.2. The van der Waals surface area contributed by atoms with E-state index in [-0.39, 0.29) is 13.2 Å². The molecule has 0 aromatic heterocycles. The Morgan fingerprint density at radius 1 is 0.720 bits per heavy atom. The van der Waals surface area contributed by atoms with Crippen LogP contribution in [0.25, 0.3) is 0 Å². The number of unbranched alkanes of at least 4 members (excludes halogenated alkanes) is 13. The molecule has 0 aromatic carbocycles. The predicted octanol–water partition coefficient (Wildman–Crippen LogP) is 5.83. The topological polar surface area (TPSA) is 38.7 Å². The lowest BCUT2D eigenvalue weighted by molar-refractivity contribution is -0.0613. The van der Waals surface area contributed by atoms with Crippen LogP contribution in [-0.2, 0) is 9.47 Å². The predicted molar refractivity (Wildman–Crippen MR) is 104 cm³/mol. The third-order valence-electron chi connectivity index (χ3n) is 4.69. The molecule has 0 amide bonds. The van der Waals surface area contributed by atoms with Crippen molar-refractivity contribution in [2.75, 3.05) is 33.5 Å². The second kappa shape index (κ2) is 18.6. The second-order valence-corrected chi connectivity index (χ2v) is 7.39. The first-order valence-corrected chi connectivity index (χ1v) is 10.5. The first kappa shape index (κ1) is 24.8. The molecule has 0 aliphatic carbocycles. The van der Waals surface area contributed by atoms with Gasteiger partial charge in [0, 0.05) is 13.7 Å². The van der Waals surface area contributed by atoms with Gasteiger partial charge in [-0.15, -0.1) is 0 Å². The molecule has 4 heteroatoms. The van der Waals surface area contributed by atoms with Gasteiger partial charge in [0.15, 0.2) is 5.67 Å². The first-order valence-electron chi connectivity index (χ1n) is 10.5. The number of aliphatic hydroxyl groups excluding tert-OH is 1. The van der Waals surface area contributed by atoms with Gasteiger partial charge in [-0.3, -0.25) is 0 Å². The Morgan fingerprint density at radius 3 is 1.56 bits per heavy atom. The summed E-state index contributed by atoms with van der Waals surface area (Å²) in [6.07, 6.45) is 18.5. The molecule has 0 saturated carbocycles. The zero-order chi connectivity index (χ0) is 18.6. The highest BCUT2D eigenvalue weighted by atomic mass is 19.1. The van der Waals surface area contributed by atoms with E-state index in [0.29, 0.717) is 6.61 Å². The smallest absolute Gasteiger partial charge is 0.180 e. The molecule has 1 N–H and O–H groups in total. The summed E-state index contributed by atoms with van der Waals surface area (Å²) in [5, 5.41) is 9.01. The van der Waals surface area contributed by atoms with Crippen LogP contribution in [0.3, 0.4) is 0 Å². The van der Waals surface area contributed by atoms with E-state index in [1.54, 1.807) is 0 Å². The van der Waals surface area contributed by atoms with E-state index >= 15 is 0 Å². The van der Waals surface area contributed by atoms with Crippen LogP contribution in [0.4, 0.5) is 4.39 Å². The maximum Gasteiger partial charge on any atom is 0.180 e. The van der Waals surface area contributed by atoms with Crippen LogP contribution >= 0.6 is 0 Å². The molecule has 0 spiro atoms. The van der Waals surface area contributed by atoms with Crippen molar-refractivity contribution in [1.82, 2.24) is 0 Å². The molecule has 0 bridgehead atoms. The van der Waals surface area contributed by atoms with Crippen LogP contribution in [0.2, 0.25) is 0 Å². The van der Waals surface area contributed by atoms with Gasteiger partial charge in [-0.1, -0.05) is 90.4 Å². The molecular weight excluding hydrogens is 319 g/mol. The maximum atomic E-state index is 13.9. The van der Waals surface area contributed by atoms with Crippen LogP contribution in [0.15, 0.2) is 0 Å². The second-order valence-electron chi connectivity index (χ2n) is 7.39. The SMILES string of the molecule is CCCCCCCCCCCCCCCCOC[C@@](F)(CO)COC. The summed E-state index contributed by atoms with van der Waals surface area (Å²) in [6, 6.07) is 0. The molecule has 0 radical (unpaired) electrons. The van der Waals surface area contributed by atoms with Crippen molar-refractivity contribution in [2.24, 2.45) is 0 Å². The Hall–Kier alpha value is -0.190. The standard InChI is InChI=1S/C21H43FO3/c1-3-4-5-6-7-8-9-10-11-12-13-14-15-16-17-25-20-21(22,18-23)19-24-2/h23H,3-20H2,1-2H3/t21-/m1/s1. The number of alkyl halides is 1. The number of hydrogen-bond donors (Lipinski definition) is 1. The molecule has 0 aromatic rings. The number of hydrogen-bond acceptors (Lipinski definition) is 3. The summed E-state index contributed by atoms with van der Waals surface area (Å²) in [6.45, 7) is 2.06. The minimum atomic E-state index is -1.76. The molecule has 0 unspecified atom stereocenters. The van der Waals surface area contributed by atoms with Crippen molar-refractivity contribution in [3.8, 4) is 0 Å². The van der Waals surface area contributed by atoms with Crippen LogP contribution < -0.4 is 0 Å². The summed E-state index contributed by atoms with van der Waals surface area (Å²) < 4.78 is 24.0. The van der Waals surface area contributed by atoms with E-state index in [1.165, 1.54) is 84.2 Å². The number of rotatable bonds is 20. The average molecular weight is 363 g/mol. The van der Waals surface area contributed by atoms with E-state index in [2.05, 4.69) is 6.92 Å². The zero-order valence-corrected chi connectivity index (χ0v) is 16.9. The highest BCUT2D eigenvalue weighted by Gasteiger charge is 2.29. The minimum Gasteiger partial charge on any atom is -0.393 e. The van der Waals surface area contributed by atoms with Gasteiger partial charge in [0.25, 0.3) is 0 Å². The Labute approximate surface area is 155 Å². The van der Waals surface area contributed by atoms with Crippen molar-refractivity contribution in [1.29, 1.82) is 0 Å². The molecule has 0 saturated heterocycles. The minimum absolute atomic E-state index is 0.0875. The molecule has 0 rings (SSSR count). The molecule has 0 aliphatic rings. The molecule has 25 heavy (non-hydrogen) atoms. The highest BCUT2D eigenvalue weighted by molar-refractivity contribution is 4.77. The van der Waals surface area contributed by atoms with Crippen molar-refractivity contribution in [2.45, 2.75) is 102 Å². The van der Waals surface area contributed by atoms with Gasteiger partial charge in [-0.2, -0.15) is 0 Å². The lowest BCUT2D eigenvalue weighted by Crippen LogP contribution is -2.38. The summed E-state index contributed by atoms with van der Waals surface area (Å²) >= 11 is 0. The van der Waals surface area contributed by atoms with Gasteiger partial charge >= 0.3 is 0 Å². The van der Waals surface area contributed by atoms with E-state index < -0.39 is 12.3 Å². The normalized spacial score (nSPS) is 13.9. The van der Waals surface area contributed by atoms with Crippen molar-refractivity contribution in [3.05, 3.63) is 0 Å². The van der Waals surface area contributed by atoms with Crippen LogP contribution in [0.5, 0.6) is 0 Å². The Kier molecular flexibility index (Phi) is 18.5. The Bertz CT molecular complexity index is 264. The fourth-order valence-electron chi connectivity index (χ4n) is 3.05. The molecule has 1 atom stereocenters. The summed E-state index contributed by atoms with van der Waals surface area (Å²) in [4.78, 5) is 0. The summed E-state index contributed by atoms with van der Waals surface area (Å²) in [5.41, 5.74) is -1.76. The highest BCUT2D eigenvalue weighted by Crippen LogP contribution is 2.14. The Balaban J connectivity index is 3.19. The maximum absolute atomic E-state index is 13.9. The number of aliphatic hydroxyl groups is 1. The number of methoxy groups -OCH3 is 1. The van der Waals surface area contributed by atoms with Gasteiger partial charge in [-0.05, 0) is 6.42 Å². The van der Waals surface area contributed by atoms with E-state index in [4.69, 9.17) is 14.6 Å². The monoisotopic (exact) mass is 362 g/mol. The average Bonchev–Trinajstić information content (AvgIpc) is 2.61. The zero-order valence-electron chi connectivity index (χ0n) is 16.9. The van der Waals surface area contributed by atoms with Crippen LogP contribution in [-0.4, -0.2) is 44.3 Å². The fourth-order valence-corrected chi connectivity index (χ4v) is 3.05. The third-order valence-corrected chi connectivity index (χ3v) is 4.69. The van der Waals surface area contributed by atoms with Crippen molar-refractivity contribution < 1.29 is 19.0 Å². The molecule has 152 valence electrons. The van der Waals surface area contributed by atoms with E-state index in [1.807, 2.05) is 0 Å². The lowest BCUT2D eigenvalue weighted by Gasteiger charge is -2.21. The molecule has 0 aliphatic heterocycles. The van der Waals surface area contributed by atoms with Gasteiger partial charge in [0.1, 0.15) is 0 Å². The van der Waals surface area contributed by atoms with E-state index in [9.17, 15) is 4.39 Å². The summed E-state index contributed by atoms with van der Waals surface area (Å²) in [5.74, 6) is 0. The van der Waals surface area contributed by atoms with Crippen LogP contribution in [0, 0.1) is 0 Å².